The van der Waals surface area contributed by atoms with Gasteiger partial charge in [0.2, 0.25) is 0 Å². The summed E-state index contributed by atoms with van der Waals surface area (Å²) in [6.45, 7) is 4.10. The van der Waals surface area contributed by atoms with Crippen molar-refractivity contribution < 1.29 is 14.6 Å². The van der Waals surface area contributed by atoms with Gasteiger partial charge >= 0.3 is 5.97 Å². The molecule has 1 aliphatic rings. The molecule has 1 heterocycles. The number of benzene rings is 1. The van der Waals surface area contributed by atoms with Crippen LogP contribution in [0.4, 0.5) is 5.69 Å². The standard InChI is InChI=1S/C15H21NO3/c1-12-5-2-3-7-14(12)16(9-8-15(17)18)13-6-4-10-19-11-13/h2-3,5,7,13H,4,6,8-11H2,1H3,(H,17,18). The first kappa shape index (κ1) is 13.9. The van der Waals surface area contributed by atoms with Crippen LogP contribution in [0.1, 0.15) is 24.8 Å². The van der Waals surface area contributed by atoms with E-state index in [0.717, 1.165) is 25.1 Å². The third-order valence-electron chi connectivity index (χ3n) is 3.57. The lowest BCUT2D eigenvalue weighted by molar-refractivity contribution is -0.136. The Balaban J connectivity index is 2.17. The molecular weight excluding hydrogens is 242 g/mol. The number of ether oxygens (including phenoxy) is 1. The van der Waals surface area contributed by atoms with E-state index in [1.807, 2.05) is 12.1 Å². The molecular formula is C15H21NO3. The van der Waals surface area contributed by atoms with Crippen LogP contribution in [0.5, 0.6) is 0 Å². The smallest absolute Gasteiger partial charge is 0.305 e. The summed E-state index contributed by atoms with van der Waals surface area (Å²) in [4.78, 5) is 13.0. The Bertz CT molecular complexity index is 427. The third-order valence-corrected chi connectivity index (χ3v) is 3.57. The number of carbonyl (C=O) groups is 1. The third kappa shape index (κ3) is 3.70. The molecule has 2 rings (SSSR count). The highest BCUT2D eigenvalue weighted by atomic mass is 16.5. The highest BCUT2D eigenvalue weighted by Crippen LogP contribution is 2.25. The SMILES string of the molecule is Cc1ccccc1N(CCC(=O)O)C1CCCOC1. The maximum Gasteiger partial charge on any atom is 0.305 e. The predicted molar refractivity (Wildman–Crippen MR) is 74.6 cm³/mol. The maximum absolute atomic E-state index is 10.8. The molecule has 0 bridgehead atoms. The van der Waals surface area contributed by atoms with Gasteiger partial charge in [-0.25, -0.2) is 0 Å². The lowest BCUT2D eigenvalue weighted by Gasteiger charge is -2.36. The number of para-hydroxylation sites is 1. The molecule has 104 valence electrons. The van der Waals surface area contributed by atoms with Crippen LogP contribution in [-0.4, -0.2) is 36.9 Å². The normalized spacial score (nSPS) is 19.1. The second-order valence-electron chi connectivity index (χ2n) is 4.99. The molecule has 1 unspecified atom stereocenters. The number of rotatable bonds is 5. The topological polar surface area (TPSA) is 49.8 Å². The van der Waals surface area contributed by atoms with E-state index < -0.39 is 5.97 Å². The molecule has 0 saturated carbocycles. The summed E-state index contributed by atoms with van der Waals surface area (Å²) in [5, 5.41) is 8.92. The highest BCUT2D eigenvalue weighted by Gasteiger charge is 2.23. The van der Waals surface area contributed by atoms with Gasteiger partial charge in [0.15, 0.2) is 0 Å². The van der Waals surface area contributed by atoms with Gasteiger partial charge in [-0.1, -0.05) is 18.2 Å². The van der Waals surface area contributed by atoms with E-state index in [1.54, 1.807) is 0 Å². The van der Waals surface area contributed by atoms with Gasteiger partial charge in [0.05, 0.1) is 19.1 Å². The largest absolute Gasteiger partial charge is 0.481 e. The second kappa shape index (κ2) is 6.57. The molecule has 1 aromatic carbocycles. The molecule has 1 fully saturated rings. The molecule has 1 aromatic rings. The monoisotopic (exact) mass is 263 g/mol. The molecule has 1 aliphatic heterocycles. The van der Waals surface area contributed by atoms with Crippen LogP contribution < -0.4 is 4.90 Å². The molecule has 0 amide bonds. The van der Waals surface area contributed by atoms with Crippen LogP contribution in [0, 0.1) is 6.92 Å². The first-order valence-corrected chi connectivity index (χ1v) is 6.80. The summed E-state index contributed by atoms with van der Waals surface area (Å²) in [5.41, 5.74) is 2.30. The van der Waals surface area contributed by atoms with E-state index in [9.17, 15) is 4.79 Å². The number of hydrogen-bond acceptors (Lipinski definition) is 3. The minimum absolute atomic E-state index is 0.158. The van der Waals surface area contributed by atoms with Crippen molar-refractivity contribution in [3.8, 4) is 0 Å². The summed E-state index contributed by atoms with van der Waals surface area (Å²) in [6.07, 6.45) is 2.26. The van der Waals surface area contributed by atoms with Crippen LogP contribution in [0.25, 0.3) is 0 Å². The van der Waals surface area contributed by atoms with Gasteiger partial charge in [0, 0.05) is 18.8 Å². The minimum Gasteiger partial charge on any atom is -0.481 e. The van der Waals surface area contributed by atoms with Crippen molar-refractivity contribution in [1.29, 1.82) is 0 Å². The van der Waals surface area contributed by atoms with E-state index in [2.05, 4.69) is 24.0 Å². The second-order valence-corrected chi connectivity index (χ2v) is 4.99. The van der Waals surface area contributed by atoms with Gasteiger partial charge in [-0.15, -0.1) is 0 Å². The van der Waals surface area contributed by atoms with Crippen molar-refractivity contribution in [2.75, 3.05) is 24.7 Å². The number of nitrogens with zero attached hydrogens (tertiary/aromatic N) is 1. The van der Waals surface area contributed by atoms with E-state index in [0.29, 0.717) is 13.2 Å². The van der Waals surface area contributed by atoms with E-state index in [-0.39, 0.29) is 12.5 Å². The zero-order chi connectivity index (χ0) is 13.7. The number of carboxylic acid groups (broad SMARTS) is 1. The fourth-order valence-electron chi connectivity index (χ4n) is 2.57. The van der Waals surface area contributed by atoms with Gasteiger partial charge in [-0.05, 0) is 31.4 Å². The van der Waals surface area contributed by atoms with E-state index in [1.165, 1.54) is 5.56 Å². The van der Waals surface area contributed by atoms with Crippen molar-refractivity contribution in [3.63, 3.8) is 0 Å². The maximum atomic E-state index is 10.8. The van der Waals surface area contributed by atoms with Crippen LogP contribution >= 0.6 is 0 Å². The lowest BCUT2D eigenvalue weighted by Crippen LogP contribution is -2.42. The van der Waals surface area contributed by atoms with Crippen LogP contribution in [0.15, 0.2) is 24.3 Å². The Labute approximate surface area is 114 Å². The predicted octanol–water partition coefficient (Wildman–Crippen LogP) is 2.46. The van der Waals surface area contributed by atoms with Gasteiger partial charge in [-0.2, -0.15) is 0 Å². The Morgan fingerprint density at radius 2 is 2.26 bits per heavy atom. The first-order valence-electron chi connectivity index (χ1n) is 6.80. The quantitative estimate of drug-likeness (QED) is 0.886. The van der Waals surface area contributed by atoms with Gasteiger partial charge in [-0.3, -0.25) is 4.79 Å². The Kier molecular flexibility index (Phi) is 4.80. The number of hydrogen-bond donors (Lipinski definition) is 1. The van der Waals surface area contributed by atoms with Gasteiger partial charge in [0.25, 0.3) is 0 Å². The molecule has 0 aliphatic carbocycles. The van der Waals surface area contributed by atoms with Gasteiger partial charge in [0.1, 0.15) is 0 Å². The minimum atomic E-state index is -0.754. The number of anilines is 1. The van der Waals surface area contributed by atoms with E-state index in [4.69, 9.17) is 9.84 Å². The summed E-state index contributed by atoms with van der Waals surface area (Å²) in [7, 11) is 0. The Hall–Kier alpha value is -1.55. The summed E-state index contributed by atoms with van der Waals surface area (Å²) in [5.74, 6) is -0.754. The fraction of sp³-hybridized carbons (Fsp3) is 0.533. The van der Waals surface area contributed by atoms with Crippen LogP contribution in [0.2, 0.25) is 0 Å². The molecule has 1 atom stereocenters. The number of carboxylic acids is 1. The molecule has 0 spiro atoms. The van der Waals surface area contributed by atoms with Crippen molar-refractivity contribution in [2.24, 2.45) is 0 Å². The fourth-order valence-corrected chi connectivity index (χ4v) is 2.57. The summed E-state index contributed by atoms with van der Waals surface area (Å²) >= 11 is 0. The van der Waals surface area contributed by atoms with Crippen molar-refractivity contribution >= 4 is 11.7 Å². The number of aliphatic carboxylic acids is 1. The Morgan fingerprint density at radius 1 is 1.47 bits per heavy atom. The highest BCUT2D eigenvalue weighted by molar-refractivity contribution is 5.68. The zero-order valence-corrected chi connectivity index (χ0v) is 11.3. The molecule has 19 heavy (non-hydrogen) atoms. The van der Waals surface area contributed by atoms with Crippen molar-refractivity contribution in [3.05, 3.63) is 29.8 Å². The molecule has 1 N–H and O–H groups in total. The summed E-state index contributed by atoms with van der Waals surface area (Å²) in [6, 6.07) is 8.42. The molecule has 0 aromatic heterocycles. The zero-order valence-electron chi connectivity index (χ0n) is 11.3. The van der Waals surface area contributed by atoms with Crippen molar-refractivity contribution in [1.82, 2.24) is 0 Å². The lowest BCUT2D eigenvalue weighted by atomic mass is 10.1. The molecule has 0 radical (unpaired) electrons. The Morgan fingerprint density at radius 3 is 2.89 bits per heavy atom. The van der Waals surface area contributed by atoms with Crippen LogP contribution in [-0.2, 0) is 9.53 Å². The molecule has 4 heteroatoms. The van der Waals surface area contributed by atoms with Crippen molar-refractivity contribution in [2.45, 2.75) is 32.2 Å². The summed E-state index contributed by atoms with van der Waals surface area (Å²) < 4.78 is 5.54. The average molecular weight is 263 g/mol. The van der Waals surface area contributed by atoms with E-state index >= 15 is 0 Å². The molecule has 1 saturated heterocycles. The van der Waals surface area contributed by atoms with Crippen LogP contribution in [0.3, 0.4) is 0 Å². The first-order chi connectivity index (χ1) is 9.18. The average Bonchev–Trinajstić information content (AvgIpc) is 2.42. The molecule has 4 nitrogen and oxygen atoms in total. The number of aryl methyl sites for hydroxylation is 1. The van der Waals surface area contributed by atoms with Gasteiger partial charge < -0.3 is 14.7 Å².